The van der Waals surface area contributed by atoms with Gasteiger partial charge in [-0.2, -0.15) is 0 Å². The number of pyridine rings is 1. The molecule has 0 bridgehead atoms. The van der Waals surface area contributed by atoms with Crippen LogP contribution in [-0.2, 0) is 0 Å². The van der Waals surface area contributed by atoms with Crippen molar-refractivity contribution in [2.24, 2.45) is 0 Å². The van der Waals surface area contributed by atoms with Crippen LogP contribution in [0.15, 0.2) is 18.5 Å². The van der Waals surface area contributed by atoms with Gasteiger partial charge in [0.15, 0.2) is 5.82 Å². The van der Waals surface area contributed by atoms with E-state index < -0.39 is 0 Å². The van der Waals surface area contributed by atoms with Crippen molar-refractivity contribution in [2.75, 3.05) is 10.6 Å². The standard InChI is InChI=1S/C16H23N5O/c1-10(2)19-15-14-11(7-8-17-15)9-18-16(21-14)20-12-3-5-13(22)6-4-12/h7-10,12-13,22H,3-6H2,1-2H3,(H,17,19)(H,18,20,21). The van der Waals surface area contributed by atoms with E-state index in [1.807, 2.05) is 12.3 Å². The number of nitrogens with one attached hydrogen (secondary N) is 2. The van der Waals surface area contributed by atoms with Gasteiger partial charge in [-0.25, -0.2) is 15.0 Å². The summed E-state index contributed by atoms with van der Waals surface area (Å²) in [6.07, 6.45) is 7.03. The Hall–Kier alpha value is -1.95. The lowest BCUT2D eigenvalue weighted by Gasteiger charge is -2.26. The fraction of sp³-hybridized carbons (Fsp3) is 0.562. The second-order valence-electron chi connectivity index (χ2n) is 6.24. The predicted octanol–water partition coefficient (Wildman–Crippen LogP) is 2.56. The lowest BCUT2D eigenvalue weighted by atomic mass is 9.93. The van der Waals surface area contributed by atoms with E-state index in [-0.39, 0.29) is 6.10 Å². The SMILES string of the molecule is CC(C)Nc1nccc2cnc(NC3CCC(O)CC3)nc12. The Kier molecular flexibility index (Phi) is 4.38. The number of nitrogens with zero attached hydrogens (tertiary/aromatic N) is 3. The van der Waals surface area contributed by atoms with Gasteiger partial charge in [0.25, 0.3) is 0 Å². The van der Waals surface area contributed by atoms with Gasteiger partial charge in [-0.3, -0.25) is 0 Å². The minimum atomic E-state index is -0.151. The molecule has 0 atom stereocenters. The first-order valence-corrected chi connectivity index (χ1v) is 7.94. The Morgan fingerprint density at radius 1 is 1.18 bits per heavy atom. The molecule has 2 aromatic rings. The molecule has 1 aliphatic rings. The third kappa shape index (κ3) is 3.44. The molecule has 3 rings (SSSR count). The Balaban J connectivity index is 1.82. The second kappa shape index (κ2) is 6.44. The van der Waals surface area contributed by atoms with E-state index in [0.717, 1.165) is 42.4 Å². The van der Waals surface area contributed by atoms with Gasteiger partial charge in [0.1, 0.15) is 5.52 Å². The highest BCUT2D eigenvalue weighted by atomic mass is 16.3. The highest BCUT2D eigenvalue weighted by Crippen LogP contribution is 2.23. The summed E-state index contributed by atoms with van der Waals surface area (Å²) < 4.78 is 0. The molecule has 0 aromatic carbocycles. The molecule has 0 aliphatic heterocycles. The number of aliphatic hydroxyl groups is 1. The quantitative estimate of drug-likeness (QED) is 0.805. The number of aliphatic hydroxyl groups excluding tert-OH is 1. The van der Waals surface area contributed by atoms with Crippen molar-refractivity contribution in [1.82, 2.24) is 15.0 Å². The lowest BCUT2D eigenvalue weighted by molar-refractivity contribution is 0.126. The van der Waals surface area contributed by atoms with Crippen molar-refractivity contribution in [3.63, 3.8) is 0 Å². The van der Waals surface area contributed by atoms with E-state index in [4.69, 9.17) is 0 Å². The molecule has 0 saturated heterocycles. The van der Waals surface area contributed by atoms with Crippen molar-refractivity contribution in [3.05, 3.63) is 18.5 Å². The van der Waals surface area contributed by atoms with Gasteiger partial charge in [-0.15, -0.1) is 0 Å². The monoisotopic (exact) mass is 301 g/mol. The topological polar surface area (TPSA) is 83.0 Å². The van der Waals surface area contributed by atoms with Crippen LogP contribution in [0.3, 0.4) is 0 Å². The molecular weight excluding hydrogens is 278 g/mol. The molecule has 6 nitrogen and oxygen atoms in total. The van der Waals surface area contributed by atoms with Crippen LogP contribution < -0.4 is 10.6 Å². The van der Waals surface area contributed by atoms with E-state index in [1.54, 1.807) is 6.20 Å². The second-order valence-corrected chi connectivity index (χ2v) is 6.24. The van der Waals surface area contributed by atoms with Gasteiger partial charge in [-0.1, -0.05) is 0 Å². The molecule has 118 valence electrons. The van der Waals surface area contributed by atoms with Crippen molar-refractivity contribution in [2.45, 2.75) is 57.7 Å². The molecule has 6 heteroatoms. The Morgan fingerprint density at radius 2 is 1.95 bits per heavy atom. The summed E-state index contributed by atoms with van der Waals surface area (Å²) in [5.41, 5.74) is 0.838. The summed E-state index contributed by atoms with van der Waals surface area (Å²) >= 11 is 0. The summed E-state index contributed by atoms with van der Waals surface area (Å²) in [7, 11) is 0. The van der Waals surface area contributed by atoms with E-state index in [9.17, 15) is 5.11 Å². The van der Waals surface area contributed by atoms with E-state index in [1.165, 1.54) is 0 Å². The number of rotatable bonds is 4. The molecule has 0 spiro atoms. The van der Waals surface area contributed by atoms with Crippen LogP contribution in [0, 0.1) is 0 Å². The minimum Gasteiger partial charge on any atom is -0.393 e. The molecule has 22 heavy (non-hydrogen) atoms. The number of anilines is 2. The zero-order chi connectivity index (χ0) is 15.5. The van der Waals surface area contributed by atoms with Crippen molar-refractivity contribution in [3.8, 4) is 0 Å². The number of fused-ring (bicyclic) bond motifs is 1. The third-order valence-electron chi connectivity index (χ3n) is 3.95. The lowest BCUT2D eigenvalue weighted by Crippen LogP contribution is -2.28. The third-order valence-corrected chi connectivity index (χ3v) is 3.95. The average Bonchev–Trinajstić information content (AvgIpc) is 2.50. The molecule has 2 aromatic heterocycles. The summed E-state index contributed by atoms with van der Waals surface area (Å²) in [6.45, 7) is 4.16. The molecular formula is C16H23N5O. The fourth-order valence-electron chi connectivity index (χ4n) is 2.81. The van der Waals surface area contributed by atoms with E-state index in [0.29, 0.717) is 18.0 Å². The summed E-state index contributed by atoms with van der Waals surface area (Å²) in [6, 6.07) is 2.55. The van der Waals surface area contributed by atoms with Crippen molar-refractivity contribution >= 4 is 22.7 Å². The van der Waals surface area contributed by atoms with Gasteiger partial charge in [0, 0.05) is 29.9 Å². The summed E-state index contributed by atoms with van der Waals surface area (Å²) in [5.74, 6) is 1.42. The first-order valence-electron chi connectivity index (χ1n) is 7.94. The molecule has 1 aliphatic carbocycles. The fourth-order valence-corrected chi connectivity index (χ4v) is 2.81. The molecule has 0 radical (unpaired) electrons. The first-order chi connectivity index (χ1) is 10.6. The van der Waals surface area contributed by atoms with Crippen LogP contribution >= 0.6 is 0 Å². The van der Waals surface area contributed by atoms with Gasteiger partial charge < -0.3 is 15.7 Å². The normalized spacial score (nSPS) is 22.0. The molecule has 1 fully saturated rings. The minimum absolute atomic E-state index is 0.151. The maximum Gasteiger partial charge on any atom is 0.223 e. The predicted molar refractivity (Wildman–Crippen MR) is 88.0 cm³/mol. The highest BCUT2D eigenvalue weighted by molar-refractivity contribution is 5.88. The van der Waals surface area contributed by atoms with Gasteiger partial charge >= 0.3 is 0 Å². The highest BCUT2D eigenvalue weighted by Gasteiger charge is 2.20. The summed E-state index contributed by atoms with van der Waals surface area (Å²) in [5, 5.41) is 17.3. The van der Waals surface area contributed by atoms with Crippen LogP contribution in [0.5, 0.6) is 0 Å². The van der Waals surface area contributed by atoms with E-state index in [2.05, 4.69) is 39.4 Å². The maximum absolute atomic E-state index is 9.58. The van der Waals surface area contributed by atoms with Crippen LogP contribution in [0.1, 0.15) is 39.5 Å². The zero-order valence-corrected chi connectivity index (χ0v) is 13.1. The molecule has 0 unspecified atom stereocenters. The van der Waals surface area contributed by atoms with Crippen LogP contribution in [-0.4, -0.2) is 38.2 Å². The smallest absolute Gasteiger partial charge is 0.223 e. The van der Waals surface area contributed by atoms with Gasteiger partial charge in [0.05, 0.1) is 6.10 Å². The van der Waals surface area contributed by atoms with Crippen molar-refractivity contribution in [1.29, 1.82) is 0 Å². The maximum atomic E-state index is 9.58. The van der Waals surface area contributed by atoms with Crippen LogP contribution in [0.2, 0.25) is 0 Å². The zero-order valence-electron chi connectivity index (χ0n) is 13.1. The molecule has 1 saturated carbocycles. The molecule has 3 N–H and O–H groups in total. The molecule has 0 amide bonds. The van der Waals surface area contributed by atoms with Crippen molar-refractivity contribution < 1.29 is 5.11 Å². The average molecular weight is 301 g/mol. The number of aromatic nitrogens is 3. The van der Waals surface area contributed by atoms with Gasteiger partial charge in [0.2, 0.25) is 5.95 Å². The summed E-state index contributed by atoms with van der Waals surface area (Å²) in [4.78, 5) is 13.4. The largest absolute Gasteiger partial charge is 0.393 e. The first kappa shape index (κ1) is 15.0. The van der Waals surface area contributed by atoms with E-state index >= 15 is 0 Å². The Labute approximate surface area is 130 Å². The van der Waals surface area contributed by atoms with Crippen LogP contribution in [0.4, 0.5) is 11.8 Å². The van der Waals surface area contributed by atoms with Gasteiger partial charge in [-0.05, 0) is 45.6 Å². The molecule has 2 heterocycles. The Bertz CT molecular complexity index is 637. The Morgan fingerprint density at radius 3 is 2.68 bits per heavy atom. The van der Waals surface area contributed by atoms with Crippen LogP contribution in [0.25, 0.3) is 10.9 Å². The number of hydrogen-bond acceptors (Lipinski definition) is 6. The number of hydrogen-bond donors (Lipinski definition) is 3.